The minimum absolute atomic E-state index is 0.0137. The van der Waals surface area contributed by atoms with Gasteiger partial charge in [0.1, 0.15) is 11.4 Å². The molecule has 8 heteroatoms. The van der Waals surface area contributed by atoms with E-state index >= 15 is 0 Å². The Morgan fingerprint density at radius 3 is 2.56 bits per heavy atom. The van der Waals surface area contributed by atoms with Crippen LogP contribution in [-0.4, -0.2) is 34.7 Å². The maximum atomic E-state index is 12.5. The van der Waals surface area contributed by atoms with Crippen LogP contribution in [0, 0.1) is 17.0 Å². The van der Waals surface area contributed by atoms with Crippen LogP contribution in [0.2, 0.25) is 0 Å². The van der Waals surface area contributed by atoms with Gasteiger partial charge in [-0.05, 0) is 31.9 Å². The highest BCUT2D eigenvalue weighted by molar-refractivity contribution is 6.02. The number of anilines is 1. The number of aryl methyl sites for hydroxylation is 1. The molecule has 1 amide bonds. The summed E-state index contributed by atoms with van der Waals surface area (Å²) in [6.07, 6.45) is 1.45. The van der Waals surface area contributed by atoms with Crippen molar-refractivity contribution in [1.29, 1.82) is 0 Å². The second-order valence-corrected chi connectivity index (χ2v) is 6.24. The fraction of sp³-hybridized carbons (Fsp3) is 0.368. The molecule has 1 heterocycles. The first kappa shape index (κ1) is 20.2. The average Bonchev–Trinajstić information content (AvgIpc) is 2.95. The van der Waals surface area contributed by atoms with Crippen molar-refractivity contribution in [3.05, 3.63) is 56.9 Å². The van der Waals surface area contributed by atoms with Crippen molar-refractivity contribution in [3.8, 4) is 0 Å². The molecule has 1 aromatic carbocycles. The maximum absolute atomic E-state index is 12.5. The lowest BCUT2D eigenvalue weighted by Gasteiger charge is -2.09. The number of aromatic amines is 1. The summed E-state index contributed by atoms with van der Waals surface area (Å²) < 4.78 is 0. The lowest BCUT2D eigenvalue weighted by atomic mass is 10.0. The number of hydrogen-bond acceptors (Lipinski definition) is 5. The molecule has 0 saturated heterocycles. The van der Waals surface area contributed by atoms with Crippen LogP contribution in [0.25, 0.3) is 0 Å². The summed E-state index contributed by atoms with van der Waals surface area (Å²) >= 11 is 0. The third kappa shape index (κ3) is 4.72. The molecule has 1 aromatic heterocycles. The standard InChI is InChI=1S/C19H24N4O4/c1-4-7-14-17(13(3)24)12(2)22-18(14)19(25)21-11-10-20-15-8-5-6-9-16(15)23(26)27/h5-6,8-9,20,22H,4,7,10-11H2,1-3H3,(H,21,25). The summed E-state index contributed by atoms with van der Waals surface area (Å²) in [5, 5.41) is 16.7. The minimum atomic E-state index is -0.455. The number of aromatic nitrogens is 1. The van der Waals surface area contributed by atoms with E-state index in [0.29, 0.717) is 35.6 Å². The minimum Gasteiger partial charge on any atom is -0.378 e. The lowest BCUT2D eigenvalue weighted by molar-refractivity contribution is -0.384. The molecule has 27 heavy (non-hydrogen) atoms. The first-order chi connectivity index (χ1) is 12.9. The normalized spacial score (nSPS) is 10.5. The number of rotatable bonds is 9. The fourth-order valence-electron chi connectivity index (χ4n) is 3.09. The van der Waals surface area contributed by atoms with Crippen molar-refractivity contribution < 1.29 is 14.5 Å². The van der Waals surface area contributed by atoms with Crippen LogP contribution in [-0.2, 0) is 6.42 Å². The quantitative estimate of drug-likeness (QED) is 0.270. The number of carbonyl (C=O) groups is 2. The molecule has 0 fully saturated rings. The van der Waals surface area contributed by atoms with E-state index in [4.69, 9.17) is 0 Å². The highest BCUT2D eigenvalue weighted by Crippen LogP contribution is 2.23. The van der Waals surface area contributed by atoms with Gasteiger partial charge in [0, 0.05) is 30.4 Å². The number of amides is 1. The van der Waals surface area contributed by atoms with Gasteiger partial charge in [0.15, 0.2) is 5.78 Å². The Balaban J connectivity index is 2.02. The number of nitro groups is 1. The van der Waals surface area contributed by atoms with Crippen molar-refractivity contribution in [1.82, 2.24) is 10.3 Å². The number of carbonyl (C=O) groups excluding carboxylic acids is 2. The van der Waals surface area contributed by atoms with Gasteiger partial charge in [-0.25, -0.2) is 0 Å². The van der Waals surface area contributed by atoms with Gasteiger partial charge < -0.3 is 15.6 Å². The van der Waals surface area contributed by atoms with E-state index in [9.17, 15) is 19.7 Å². The van der Waals surface area contributed by atoms with E-state index in [1.54, 1.807) is 25.1 Å². The predicted octanol–water partition coefficient (Wildman–Crippen LogP) is 3.23. The van der Waals surface area contributed by atoms with E-state index in [0.717, 1.165) is 12.0 Å². The summed E-state index contributed by atoms with van der Waals surface area (Å²) in [5.41, 5.74) is 2.81. The van der Waals surface area contributed by atoms with Gasteiger partial charge >= 0.3 is 0 Å². The summed E-state index contributed by atoms with van der Waals surface area (Å²) in [6.45, 7) is 5.88. The smallest absolute Gasteiger partial charge is 0.292 e. The number of H-pyrrole nitrogens is 1. The van der Waals surface area contributed by atoms with Crippen LogP contribution in [0.15, 0.2) is 24.3 Å². The molecule has 2 rings (SSSR count). The van der Waals surface area contributed by atoms with E-state index in [2.05, 4.69) is 15.6 Å². The van der Waals surface area contributed by atoms with Gasteiger partial charge in [-0.15, -0.1) is 0 Å². The average molecular weight is 372 g/mol. The molecule has 8 nitrogen and oxygen atoms in total. The molecule has 0 saturated carbocycles. The van der Waals surface area contributed by atoms with E-state index < -0.39 is 4.92 Å². The predicted molar refractivity (Wildman–Crippen MR) is 103 cm³/mol. The molecular weight excluding hydrogens is 348 g/mol. The molecule has 0 spiro atoms. The van der Waals surface area contributed by atoms with Crippen LogP contribution < -0.4 is 10.6 Å². The number of para-hydroxylation sites is 2. The maximum Gasteiger partial charge on any atom is 0.292 e. The molecule has 0 unspecified atom stereocenters. The molecule has 0 aliphatic rings. The number of benzene rings is 1. The fourth-order valence-corrected chi connectivity index (χ4v) is 3.09. The monoisotopic (exact) mass is 372 g/mol. The first-order valence-electron chi connectivity index (χ1n) is 8.84. The Labute approximate surface area is 157 Å². The third-order valence-corrected chi connectivity index (χ3v) is 4.20. The van der Waals surface area contributed by atoms with Crippen LogP contribution in [0.1, 0.15) is 52.4 Å². The van der Waals surface area contributed by atoms with E-state index in [1.807, 2.05) is 6.92 Å². The zero-order chi connectivity index (χ0) is 20.0. The van der Waals surface area contributed by atoms with Gasteiger partial charge in [-0.1, -0.05) is 25.5 Å². The van der Waals surface area contributed by atoms with Crippen LogP contribution in [0.4, 0.5) is 11.4 Å². The number of hydrogen-bond donors (Lipinski definition) is 3. The van der Waals surface area contributed by atoms with Crippen molar-refractivity contribution in [2.24, 2.45) is 0 Å². The Hall–Kier alpha value is -3.16. The molecule has 2 aromatic rings. The zero-order valence-corrected chi connectivity index (χ0v) is 15.7. The SMILES string of the molecule is CCCc1c(C(=O)NCCNc2ccccc2[N+](=O)[O-])[nH]c(C)c1C(C)=O. The highest BCUT2D eigenvalue weighted by Gasteiger charge is 2.22. The first-order valence-corrected chi connectivity index (χ1v) is 8.84. The Kier molecular flexibility index (Phi) is 6.70. The van der Waals surface area contributed by atoms with Crippen LogP contribution in [0.5, 0.6) is 0 Å². The molecule has 0 radical (unpaired) electrons. The molecule has 0 bridgehead atoms. The topological polar surface area (TPSA) is 117 Å². The second kappa shape index (κ2) is 8.98. The van der Waals surface area contributed by atoms with Gasteiger partial charge in [-0.2, -0.15) is 0 Å². The van der Waals surface area contributed by atoms with Gasteiger partial charge in [0.05, 0.1) is 4.92 Å². The van der Waals surface area contributed by atoms with Crippen molar-refractivity contribution in [3.63, 3.8) is 0 Å². The largest absolute Gasteiger partial charge is 0.378 e. The Morgan fingerprint density at radius 1 is 1.22 bits per heavy atom. The number of Topliss-reactive ketones (excluding diaryl/α,β-unsaturated/α-hetero) is 1. The van der Waals surface area contributed by atoms with Crippen molar-refractivity contribution >= 4 is 23.1 Å². The number of ketones is 1. The zero-order valence-electron chi connectivity index (χ0n) is 15.7. The molecule has 3 N–H and O–H groups in total. The summed E-state index contributed by atoms with van der Waals surface area (Å²) in [4.78, 5) is 38.0. The number of nitro benzene ring substituents is 1. The second-order valence-electron chi connectivity index (χ2n) is 6.24. The molecule has 0 aliphatic carbocycles. The number of nitrogens with zero attached hydrogens (tertiary/aromatic N) is 1. The molecule has 0 aliphatic heterocycles. The van der Waals surface area contributed by atoms with Crippen LogP contribution >= 0.6 is 0 Å². The Morgan fingerprint density at radius 2 is 1.93 bits per heavy atom. The molecule has 0 atom stereocenters. The van der Waals surface area contributed by atoms with E-state index in [-0.39, 0.29) is 23.9 Å². The molecular formula is C19H24N4O4. The van der Waals surface area contributed by atoms with Gasteiger partial charge in [0.25, 0.3) is 11.6 Å². The van der Waals surface area contributed by atoms with Crippen LogP contribution in [0.3, 0.4) is 0 Å². The van der Waals surface area contributed by atoms with Gasteiger partial charge in [-0.3, -0.25) is 19.7 Å². The highest BCUT2D eigenvalue weighted by atomic mass is 16.6. The lowest BCUT2D eigenvalue weighted by Crippen LogP contribution is -2.30. The van der Waals surface area contributed by atoms with Crippen molar-refractivity contribution in [2.45, 2.75) is 33.6 Å². The van der Waals surface area contributed by atoms with E-state index in [1.165, 1.54) is 13.0 Å². The van der Waals surface area contributed by atoms with Crippen molar-refractivity contribution in [2.75, 3.05) is 18.4 Å². The summed E-state index contributed by atoms with van der Waals surface area (Å²) in [5.74, 6) is -0.359. The Bertz CT molecular complexity index is 857. The third-order valence-electron chi connectivity index (χ3n) is 4.20. The molecule has 144 valence electrons. The summed E-state index contributed by atoms with van der Waals surface area (Å²) in [6, 6.07) is 6.34. The summed E-state index contributed by atoms with van der Waals surface area (Å²) in [7, 11) is 0. The van der Waals surface area contributed by atoms with Gasteiger partial charge in [0.2, 0.25) is 0 Å². The number of nitrogens with one attached hydrogen (secondary N) is 3.